The maximum atomic E-state index is 11.5. The van der Waals surface area contributed by atoms with Gasteiger partial charge in [0.15, 0.2) is 5.79 Å². The molecule has 8 heteroatoms. The zero-order valence-electron chi connectivity index (χ0n) is 15.8. The topological polar surface area (TPSA) is 95.5 Å². The second-order valence-corrected chi connectivity index (χ2v) is 7.25. The van der Waals surface area contributed by atoms with Gasteiger partial charge >= 0.3 is 6.09 Å². The summed E-state index contributed by atoms with van der Waals surface area (Å²) in [6, 6.07) is 9.81. The summed E-state index contributed by atoms with van der Waals surface area (Å²) >= 11 is 0. The Morgan fingerprint density at radius 2 is 1.96 bits per heavy atom. The van der Waals surface area contributed by atoms with Crippen molar-refractivity contribution in [1.29, 1.82) is 0 Å². The largest absolute Gasteiger partial charge is 0.453 e. The first-order valence-electron chi connectivity index (χ1n) is 8.97. The number of ether oxygens (including phenoxy) is 5. The molecule has 2 aliphatic heterocycles. The number of benzene rings is 1. The van der Waals surface area contributed by atoms with Gasteiger partial charge in [0, 0.05) is 0 Å². The van der Waals surface area contributed by atoms with E-state index in [2.05, 4.69) is 10.1 Å². The van der Waals surface area contributed by atoms with Crippen LogP contribution in [0.25, 0.3) is 0 Å². The average Bonchev–Trinajstić information content (AvgIpc) is 3.13. The summed E-state index contributed by atoms with van der Waals surface area (Å²) in [7, 11) is 1.28. The molecule has 2 aliphatic rings. The average molecular weight is 381 g/mol. The molecular formula is C19H27NO7. The molecule has 0 bridgehead atoms. The molecule has 2 saturated heterocycles. The van der Waals surface area contributed by atoms with Crippen molar-refractivity contribution < 1.29 is 33.6 Å². The highest BCUT2D eigenvalue weighted by Crippen LogP contribution is 2.44. The second kappa shape index (κ2) is 8.12. The quantitative estimate of drug-likeness (QED) is 0.733. The van der Waals surface area contributed by atoms with Crippen LogP contribution in [0.2, 0.25) is 0 Å². The highest BCUT2D eigenvalue weighted by Gasteiger charge is 2.62. The van der Waals surface area contributed by atoms with E-state index < -0.39 is 35.8 Å². The lowest BCUT2D eigenvalue weighted by molar-refractivity contribution is -0.219. The van der Waals surface area contributed by atoms with Gasteiger partial charge in [0.25, 0.3) is 0 Å². The fourth-order valence-electron chi connectivity index (χ4n) is 3.52. The number of aliphatic hydroxyl groups is 1. The lowest BCUT2D eigenvalue weighted by atomic mass is 9.95. The summed E-state index contributed by atoms with van der Waals surface area (Å²) in [6.07, 6.45) is -2.00. The zero-order chi connectivity index (χ0) is 19.5. The van der Waals surface area contributed by atoms with Crippen LogP contribution in [0.15, 0.2) is 30.3 Å². The van der Waals surface area contributed by atoms with Crippen LogP contribution in [0.4, 0.5) is 4.79 Å². The van der Waals surface area contributed by atoms with Gasteiger partial charge in [0.1, 0.15) is 23.9 Å². The minimum Gasteiger partial charge on any atom is -0.453 e. The number of rotatable bonds is 7. The highest BCUT2D eigenvalue weighted by molar-refractivity contribution is 5.67. The molecule has 2 heterocycles. The number of methoxy groups -OCH3 is 1. The van der Waals surface area contributed by atoms with Crippen molar-refractivity contribution in [1.82, 2.24) is 5.32 Å². The fourth-order valence-corrected chi connectivity index (χ4v) is 3.52. The van der Waals surface area contributed by atoms with Crippen LogP contribution in [0.1, 0.15) is 19.4 Å². The number of carbonyl (C=O) groups excluding carboxylic acids is 1. The number of hydrogen-bond acceptors (Lipinski definition) is 7. The molecule has 0 saturated carbocycles. The van der Waals surface area contributed by atoms with Gasteiger partial charge in [-0.1, -0.05) is 30.3 Å². The van der Waals surface area contributed by atoms with Crippen molar-refractivity contribution in [2.24, 2.45) is 0 Å². The Morgan fingerprint density at radius 3 is 2.63 bits per heavy atom. The Balaban J connectivity index is 1.68. The van der Waals surface area contributed by atoms with Crippen LogP contribution < -0.4 is 5.32 Å². The minimum atomic E-state index is -1.13. The Hall–Kier alpha value is -1.71. The fraction of sp³-hybridized carbons (Fsp3) is 0.632. The maximum Gasteiger partial charge on any atom is 0.406 e. The molecular weight excluding hydrogens is 354 g/mol. The molecule has 0 aromatic heterocycles. The van der Waals surface area contributed by atoms with Gasteiger partial charge in [-0.2, -0.15) is 0 Å². The lowest BCUT2D eigenvalue weighted by Crippen LogP contribution is -2.54. The van der Waals surface area contributed by atoms with Gasteiger partial charge in [-0.3, -0.25) is 0 Å². The third kappa shape index (κ3) is 4.41. The number of fused-ring (bicyclic) bond motifs is 1. The summed E-state index contributed by atoms with van der Waals surface area (Å²) in [5, 5.41) is 12.6. The Bertz CT molecular complexity index is 638. The van der Waals surface area contributed by atoms with E-state index in [0.717, 1.165) is 5.56 Å². The molecule has 0 unspecified atom stereocenters. The molecule has 2 fully saturated rings. The predicted molar refractivity (Wildman–Crippen MR) is 95.0 cm³/mol. The van der Waals surface area contributed by atoms with E-state index in [9.17, 15) is 9.90 Å². The van der Waals surface area contributed by atoms with Crippen LogP contribution in [-0.4, -0.2) is 67.8 Å². The van der Waals surface area contributed by atoms with Crippen LogP contribution in [-0.2, 0) is 30.3 Å². The number of carbonyl (C=O) groups is 1. The molecule has 27 heavy (non-hydrogen) atoms. The maximum absolute atomic E-state index is 11.5. The van der Waals surface area contributed by atoms with E-state index in [1.165, 1.54) is 7.11 Å². The molecule has 1 aromatic rings. The Kier molecular flexibility index (Phi) is 6.02. The van der Waals surface area contributed by atoms with Crippen molar-refractivity contribution in [3.05, 3.63) is 35.9 Å². The van der Waals surface area contributed by atoms with Gasteiger partial charge in [-0.25, -0.2) is 4.79 Å². The van der Waals surface area contributed by atoms with Crippen LogP contribution in [0.5, 0.6) is 0 Å². The Labute approximate surface area is 158 Å². The van der Waals surface area contributed by atoms with E-state index >= 15 is 0 Å². The van der Waals surface area contributed by atoms with Gasteiger partial charge in [-0.05, 0) is 19.4 Å². The van der Waals surface area contributed by atoms with Crippen molar-refractivity contribution in [3.8, 4) is 0 Å². The second-order valence-electron chi connectivity index (χ2n) is 7.25. The van der Waals surface area contributed by atoms with Gasteiger partial charge in [0.2, 0.25) is 0 Å². The molecule has 150 valence electrons. The van der Waals surface area contributed by atoms with Crippen molar-refractivity contribution in [2.75, 3.05) is 26.9 Å². The van der Waals surface area contributed by atoms with E-state index in [1.807, 2.05) is 44.2 Å². The summed E-state index contributed by atoms with van der Waals surface area (Å²) in [4.78, 5) is 11.5. The molecule has 0 aliphatic carbocycles. The number of hydrogen-bond donors (Lipinski definition) is 2. The van der Waals surface area contributed by atoms with Crippen LogP contribution in [0.3, 0.4) is 0 Å². The number of nitrogens with one attached hydrogen (secondary N) is 1. The van der Waals surface area contributed by atoms with Gasteiger partial charge in [-0.15, -0.1) is 0 Å². The molecule has 1 amide bonds. The summed E-state index contributed by atoms with van der Waals surface area (Å²) in [5.74, 6) is -0.817. The number of aliphatic hydroxyl groups excluding tert-OH is 1. The molecule has 8 nitrogen and oxygen atoms in total. The van der Waals surface area contributed by atoms with Gasteiger partial charge in [0.05, 0.1) is 33.5 Å². The minimum absolute atomic E-state index is 0.0337. The summed E-state index contributed by atoms with van der Waals surface area (Å²) in [6.45, 7) is 4.02. The normalized spacial score (nSPS) is 31.5. The van der Waals surface area contributed by atoms with Crippen molar-refractivity contribution in [3.63, 3.8) is 0 Å². The van der Waals surface area contributed by atoms with E-state index in [1.54, 1.807) is 0 Å². The van der Waals surface area contributed by atoms with Gasteiger partial charge < -0.3 is 34.1 Å². The molecule has 2 N–H and O–H groups in total. The third-order valence-electron chi connectivity index (χ3n) is 4.78. The Morgan fingerprint density at radius 1 is 1.22 bits per heavy atom. The van der Waals surface area contributed by atoms with Crippen LogP contribution >= 0.6 is 0 Å². The van der Waals surface area contributed by atoms with E-state index in [0.29, 0.717) is 6.61 Å². The summed E-state index contributed by atoms with van der Waals surface area (Å²) in [5.41, 5.74) is -0.0790. The SMILES string of the molecule is COC(=O)NC[C@]1(CO)O[C@H](COCc2ccccc2)[C@H]2OC(C)(C)O[C@H]21. The predicted octanol–water partition coefficient (Wildman–Crippen LogP) is 1.21. The van der Waals surface area contributed by atoms with Crippen molar-refractivity contribution in [2.45, 2.75) is 50.2 Å². The molecule has 0 spiro atoms. The monoisotopic (exact) mass is 381 g/mol. The lowest BCUT2D eigenvalue weighted by Gasteiger charge is -2.33. The van der Waals surface area contributed by atoms with Crippen molar-refractivity contribution >= 4 is 6.09 Å². The number of amides is 1. The first-order chi connectivity index (χ1) is 12.9. The summed E-state index contributed by atoms with van der Waals surface area (Å²) < 4.78 is 28.5. The van der Waals surface area contributed by atoms with E-state index in [4.69, 9.17) is 18.9 Å². The third-order valence-corrected chi connectivity index (χ3v) is 4.78. The first-order valence-corrected chi connectivity index (χ1v) is 8.97. The zero-order valence-corrected chi connectivity index (χ0v) is 15.8. The highest BCUT2D eigenvalue weighted by atomic mass is 16.8. The van der Waals surface area contributed by atoms with Crippen LogP contribution in [0, 0.1) is 0 Å². The molecule has 1 aromatic carbocycles. The number of alkyl carbamates (subject to hydrolysis) is 1. The first kappa shape index (κ1) is 20.0. The molecule has 4 atom stereocenters. The molecule has 0 radical (unpaired) electrons. The standard InChI is InChI=1S/C19H27NO7/c1-18(2)26-15-14(10-24-9-13-7-5-4-6-8-13)25-19(12-21,16(15)27-18)11-20-17(22)23-3/h4-8,14-16,21H,9-12H2,1-3H3,(H,20,22)/t14-,15-,16-,19-/m1/s1. The smallest absolute Gasteiger partial charge is 0.406 e. The van der Waals surface area contributed by atoms with E-state index in [-0.39, 0.29) is 19.8 Å². The molecule has 3 rings (SSSR count).